The van der Waals surface area contributed by atoms with Crippen LogP contribution in [0.5, 0.6) is 5.88 Å². The third-order valence-corrected chi connectivity index (χ3v) is 0.847. The molecule has 0 bridgehead atoms. The van der Waals surface area contributed by atoms with Crippen molar-refractivity contribution in [2.75, 3.05) is 7.11 Å². The van der Waals surface area contributed by atoms with Crippen LogP contribution in [0, 0.1) is 0 Å². The molecule has 1 rings (SSSR count). The molecule has 0 unspecified atom stereocenters. The van der Waals surface area contributed by atoms with E-state index in [-0.39, 0.29) is 7.43 Å². The summed E-state index contributed by atoms with van der Waals surface area (Å²) >= 11 is 0. The SMILES string of the molecule is C.CC.COc1ccccn1. The molecular weight excluding hydrogens is 138 g/mol. The number of methoxy groups -OCH3 is 1. The predicted molar refractivity (Wildman–Crippen MR) is 48.9 cm³/mol. The van der Waals surface area contributed by atoms with Gasteiger partial charge in [0.05, 0.1) is 7.11 Å². The average Bonchev–Trinajstić information content (AvgIpc) is 2.10. The zero-order valence-electron chi connectivity index (χ0n) is 6.66. The van der Waals surface area contributed by atoms with Crippen molar-refractivity contribution in [1.29, 1.82) is 0 Å². The Hall–Kier alpha value is -1.05. The second-order valence-corrected chi connectivity index (χ2v) is 1.37. The third kappa shape index (κ3) is 5.40. The Morgan fingerprint density at radius 2 is 1.91 bits per heavy atom. The topological polar surface area (TPSA) is 22.1 Å². The summed E-state index contributed by atoms with van der Waals surface area (Å²) in [4.78, 5) is 3.88. The van der Waals surface area contributed by atoms with E-state index < -0.39 is 0 Å². The van der Waals surface area contributed by atoms with Crippen molar-refractivity contribution < 1.29 is 4.74 Å². The van der Waals surface area contributed by atoms with Crippen LogP contribution >= 0.6 is 0 Å². The number of pyridine rings is 1. The molecule has 1 heterocycles. The van der Waals surface area contributed by atoms with Crippen LogP contribution in [0.4, 0.5) is 0 Å². The molecular formula is C9H17NO. The van der Waals surface area contributed by atoms with Crippen molar-refractivity contribution in [2.24, 2.45) is 0 Å². The standard InChI is InChI=1S/C6H7NO.C2H6.CH4/c1-8-6-4-2-3-5-7-6;1-2;/h2-5H,1H3;1-2H3;1H4. The highest BCUT2D eigenvalue weighted by molar-refractivity contribution is 5.08. The fraction of sp³-hybridized carbons (Fsp3) is 0.444. The van der Waals surface area contributed by atoms with Crippen LogP contribution in [0.2, 0.25) is 0 Å². The molecule has 0 fully saturated rings. The molecule has 0 amide bonds. The van der Waals surface area contributed by atoms with Gasteiger partial charge in [0, 0.05) is 12.3 Å². The van der Waals surface area contributed by atoms with E-state index in [2.05, 4.69) is 4.98 Å². The van der Waals surface area contributed by atoms with E-state index in [4.69, 9.17) is 4.74 Å². The van der Waals surface area contributed by atoms with Crippen molar-refractivity contribution >= 4 is 0 Å². The van der Waals surface area contributed by atoms with Crippen LogP contribution in [-0.2, 0) is 0 Å². The first-order chi connectivity index (χ1) is 4.93. The van der Waals surface area contributed by atoms with Crippen LogP contribution in [0.1, 0.15) is 21.3 Å². The summed E-state index contributed by atoms with van der Waals surface area (Å²) in [5.41, 5.74) is 0. The summed E-state index contributed by atoms with van der Waals surface area (Å²) in [6.45, 7) is 4.00. The molecule has 0 aliphatic carbocycles. The first-order valence-electron chi connectivity index (χ1n) is 3.38. The van der Waals surface area contributed by atoms with Crippen molar-refractivity contribution in [2.45, 2.75) is 21.3 Å². The molecule has 0 aliphatic rings. The highest BCUT2D eigenvalue weighted by Crippen LogP contribution is 1.99. The molecule has 0 N–H and O–H groups in total. The lowest BCUT2D eigenvalue weighted by molar-refractivity contribution is 0.398. The lowest BCUT2D eigenvalue weighted by Crippen LogP contribution is -1.83. The van der Waals surface area contributed by atoms with Crippen molar-refractivity contribution in [3.63, 3.8) is 0 Å². The second kappa shape index (κ2) is 8.95. The molecule has 1 aromatic rings. The summed E-state index contributed by atoms with van der Waals surface area (Å²) < 4.78 is 4.80. The minimum atomic E-state index is 0. The van der Waals surface area contributed by atoms with Crippen LogP contribution in [0.15, 0.2) is 24.4 Å². The Bertz CT molecular complexity index is 151. The molecule has 0 spiro atoms. The molecule has 64 valence electrons. The quantitative estimate of drug-likeness (QED) is 0.622. The second-order valence-electron chi connectivity index (χ2n) is 1.37. The van der Waals surface area contributed by atoms with E-state index >= 15 is 0 Å². The zero-order valence-corrected chi connectivity index (χ0v) is 6.66. The minimum Gasteiger partial charge on any atom is -0.481 e. The van der Waals surface area contributed by atoms with E-state index in [0.717, 1.165) is 0 Å². The molecule has 0 saturated heterocycles. The summed E-state index contributed by atoms with van der Waals surface area (Å²) in [5.74, 6) is 0.660. The maximum atomic E-state index is 4.80. The lowest BCUT2D eigenvalue weighted by Gasteiger charge is -1.92. The van der Waals surface area contributed by atoms with E-state index in [9.17, 15) is 0 Å². The molecule has 1 aromatic heterocycles. The van der Waals surface area contributed by atoms with Gasteiger partial charge in [0.25, 0.3) is 0 Å². The molecule has 0 aromatic carbocycles. The highest BCUT2D eigenvalue weighted by atomic mass is 16.5. The fourth-order valence-electron chi connectivity index (χ4n) is 0.468. The summed E-state index contributed by atoms with van der Waals surface area (Å²) in [6.07, 6.45) is 1.69. The van der Waals surface area contributed by atoms with Gasteiger partial charge in [-0.25, -0.2) is 4.98 Å². The van der Waals surface area contributed by atoms with Crippen LogP contribution < -0.4 is 4.74 Å². The maximum Gasteiger partial charge on any atom is 0.212 e. The van der Waals surface area contributed by atoms with E-state index in [1.807, 2.05) is 26.0 Å². The van der Waals surface area contributed by atoms with Gasteiger partial charge in [0.2, 0.25) is 5.88 Å². The average molecular weight is 155 g/mol. The lowest BCUT2D eigenvalue weighted by atomic mass is 10.5. The summed E-state index contributed by atoms with van der Waals surface area (Å²) in [5, 5.41) is 0. The van der Waals surface area contributed by atoms with Gasteiger partial charge >= 0.3 is 0 Å². The van der Waals surface area contributed by atoms with Crippen LogP contribution in [0.25, 0.3) is 0 Å². The van der Waals surface area contributed by atoms with Crippen molar-refractivity contribution in [3.05, 3.63) is 24.4 Å². The van der Waals surface area contributed by atoms with E-state index in [1.165, 1.54) is 0 Å². The minimum absolute atomic E-state index is 0. The smallest absolute Gasteiger partial charge is 0.212 e. The van der Waals surface area contributed by atoms with Crippen molar-refractivity contribution in [3.8, 4) is 5.88 Å². The number of ether oxygens (including phenoxy) is 1. The van der Waals surface area contributed by atoms with Gasteiger partial charge in [-0.15, -0.1) is 0 Å². The first-order valence-corrected chi connectivity index (χ1v) is 3.38. The fourth-order valence-corrected chi connectivity index (χ4v) is 0.468. The van der Waals surface area contributed by atoms with E-state index in [1.54, 1.807) is 19.4 Å². The molecule has 11 heavy (non-hydrogen) atoms. The highest BCUT2D eigenvalue weighted by Gasteiger charge is 1.82. The Morgan fingerprint density at radius 3 is 2.18 bits per heavy atom. The number of hydrogen-bond donors (Lipinski definition) is 0. The van der Waals surface area contributed by atoms with Gasteiger partial charge in [-0.1, -0.05) is 27.3 Å². The molecule has 0 radical (unpaired) electrons. The Labute approximate surface area is 69.2 Å². The van der Waals surface area contributed by atoms with Crippen LogP contribution in [-0.4, -0.2) is 12.1 Å². The number of hydrogen-bond acceptors (Lipinski definition) is 2. The van der Waals surface area contributed by atoms with Gasteiger partial charge in [0.1, 0.15) is 0 Å². The molecule has 0 aliphatic heterocycles. The van der Waals surface area contributed by atoms with Crippen LogP contribution in [0.3, 0.4) is 0 Å². The number of aromatic nitrogens is 1. The van der Waals surface area contributed by atoms with Gasteiger partial charge in [-0.05, 0) is 6.07 Å². The Balaban J connectivity index is 0. The van der Waals surface area contributed by atoms with E-state index in [0.29, 0.717) is 5.88 Å². The van der Waals surface area contributed by atoms with Gasteiger partial charge in [-0.3, -0.25) is 0 Å². The molecule has 0 atom stereocenters. The zero-order chi connectivity index (χ0) is 7.82. The Kier molecular flexibility index (Phi) is 10.3. The van der Waals surface area contributed by atoms with Gasteiger partial charge in [0.15, 0.2) is 0 Å². The number of rotatable bonds is 1. The molecule has 0 saturated carbocycles. The van der Waals surface area contributed by atoms with Gasteiger partial charge in [-0.2, -0.15) is 0 Å². The number of nitrogens with zero attached hydrogens (tertiary/aromatic N) is 1. The monoisotopic (exact) mass is 155 g/mol. The predicted octanol–water partition coefficient (Wildman–Crippen LogP) is 2.75. The first kappa shape index (κ1) is 12.6. The van der Waals surface area contributed by atoms with Crippen molar-refractivity contribution in [1.82, 2.24) is 4.98 Å². The summed E-state index contributed by atoms with van der Waals surface area (Å²) in [7, 11) is 1.60. The summed E-state index contributed by atoms with van der Waals surface area (Å²) in [6, 6.07) is 5.54. The maximum absolute atomic E-state index is 4.80. The third-order valence-electron chi connectivity index (χ3n) is 0.847. The normalized spacial score (nSPS) is 6.82. The Morgan fingerprint density at radius 1 is 1.27 bits per heavy atom. The molecule has 2 nitrogen and oxygen atoms in total. The van der Waals surface area contributed by atoms with Gasteiger partial charge < -0.3 is 4.74 Å². The molecule has 2 heteroatoms. The largest absolute Gasteiger partial charge is 0.481 e.